The monoisotopic (exact) mass is 669 g/mol. The van der Waals surface area contributed by atoms with Crippen molar-refractivity contribution in [1.29, 1.82) is 0 Å². The standard InChI is InChI=1S/C51H43N/c1-50(2,3)38-24-18-34(19-25-38)35-20-26-39(27-21-35)52(41-30-31-46-45-16-10-11-17-48(45)51(4,5)49(46)33-41)40-28-22-36(23-29-40)47-32-37-12-6-7-13-42(37)43-14-8-9-15-44(43)47/h6-33H,1-5H3. The summed E-state index contributed by atoms with van der Waals surface area (Å²) < 4.78 is 0. The number of benzene rings is 8. The van der Waals surface area contributed by atoms with Crippen molar-refractivity contribution in [2.45, 2.75) is 45.4 Å². The molecule has 8 aromatic rings. The summed E-state index contributed by atoms with van der Waals surface area (Å²) >= 11 is 0. The summed E-state index contributed by atoms with van der Waals surface area (Å²) in [6, 6.07) is 63.0. The van der Waals surface area contributed by atoms with Crippen molar-refractivity contribution in [3.8, 4) is 33.4 Å². The third-order valence-corrected chi connectivity index (χ3v) is 11.2. The van der Waals surface area contributed by atoms with Crippen LogP contribution < -0.4 is 4.90 Å². The predicted molar refractivity (Wildman–Crippen MR) is 223 cm³/mol. The van der Waals surface area contributed by atoms with Gasteiger partial charge in [0, 0.05) is 22.5 Å². The molecule has 0 fully saturated rings. The average molecular weight is 670 g/mol. The van der Waals surface area contributed by atoms with Gasteiger partial charge < -0.3 is 4.90 Å². The molecule has 1 aliphatic rings. The maximum absolute atomic E-state index is 2.42. The molecular weight excluding hydrogens is 627 g/mol. The highest BCUT2D eigenvalue weighted by Crippen LogP contribution is 2.50. The first kappa shape index (κ1) is 32.0. The van der Waals surface area contributed by atoms with Gasteiger partial charge >= 0.3 is 0 Å². The van der Waals surface area contributed by atoms with Gasteiger partial charge in [0.25, 0.3) is 0 Å². The lowest BCUT2D eigenvalue weighted by molar-refractivity contribution is 0.590. The van der Waals surface area contributed by atoms with Crippen LogP contribution in [0.2, 0.25) is 0 Å². The number of fused-ring (bicyclic) bond motifs is 6. The fourth-order valence-electron chi connectivity index (χ4n) is 8.33. The zero-order valence-electron chi connectivity index (χ0n) is 30.6. The highest BCUT2D eigenvalue weighted by atomic mass is 15.1. The molecule has 52 heavy (non-hydrogen) atoms. The Morgan fingerprint density at radius 3 is 1.60 bits per heavy atom. The molecule has 0 spiro atoms. The second-order valence-electron chi connectivity index (χ2n) is 15.8. The molecule has 0 aromatic heterocycles. The molecule has 8 aromatic carbocycles. The van der Waals surface area contributed by atoms with Crippen molar-refractivity contribution in [2.75, 3.05) is 4.90 Å². The maximum atomic E-state index is 2.42. The SMILES string of the molecule is CC(C)(C)c1ccc(-c2ccc(N(c3ccc(-c4cc5ccccc5c5ccccc45)cc3)c3ccc4c(c3)C(C)(C)c3ccccc3-4)cc2)cc1. The smallest absolute Gasteiger partial charge is 0.0465 e. The van der Waals surface area contributed by atoms with E-state index in [4.69, 9.17) is 0 Å². The van der Waals surface area contributed by atoms with Crippen LogP contribution in [0.5, 0.6) is 0 Å². The molecule has 0 heterocycles. The lowest BCUT2D eigenvalue weighted by Gasteiger charge is -2.28. The van der Waals surface area contributed by atoms with Gasteiger partial charge in [-0.05, 0) is 119 Å². The molecule has 0 unspecified atom stereocenters. The van der Waals surface area contributed by atoms with Crippen LogP contribution >= 0.6 is 0 Å². The van der Waals surface area contributed by atoms with Crippen LogP contribution in [-0.4, -0.2) is 0 Å². The molecule has 0 saturated carbocycles. The van der Waals surface area contributed by atoms with Gasteiger partial charge in [-0.3, -0.25) is 0 Å². The third kappa shape index (κ3) is 5.31. The molecule has 0 radical (unpaired) electrons. The summed E-state index contributed by atoms with van der Waals surface area (Å²) in [7, 11) is 0. The van der Waals surface area contributed by atoms with E-state index >= 15 is 0 Å². The van der Waals surface area contributed by atoms with Crippen molar-refractivity contribution >= 4 is 38.6 Å². The second-order valence-corrected chi connectivity index (χ2v) is 15.8. The van der Waals surface area contributed by atoms with Gasteiger partial charge in [0.05, 0.1) is 0 Å². The van der Waals surface area contributed by atoms with Crippen molar-refractivity contribution in [2.24, 2.45) is 0 Å². The van der Waals surface area contributed by atoms with Crippen LogP contribution in [0.4, 0.5) is 17.1 Å². The van der Waals surface area contributed by atoms with Gasteiger partial charge in [-0.1, -0.05) is 162 Å². The Kier molecular flexibility index (Phi) is 7.45. The normalized spacial score (nSPS) is 13.2. The predicted octanol–water partition coefficient (Wildman–Crippen LogP) is 14.4. The van der Waals surface area contributed by atoms with E-state index in [1.54, 1.807) is 0 Å². The zero-order chi connectivity index (χ0) is 35.6. The second kappa shape index (κ2) is 12.1. The summed E-state index contributed by atoms with van der Waals surface area (Å²) in [6.07, 6.45) is 0. The fourth-order valence-corrected chi connectivity index (χ4v) is 8.33. The number of nitrogens with zero attached hydrogens (tertiary/aromatic N) is 1. The molecule has 0 saturated heterocycles. The summed E-state index contributed by atoms with van der Waals surface area (Å²) in [4.78, 5) is 2.41. The van der Waals surface area contributed by atoms with Gasteiger partial charge in [0.2, 0.25) is 0 Å². The van der Waals surface area contributed by atoms with Crippen molar-refractivity contribution in [3.63, 3.8) is 0 Å². The molecule has 0 aliphatic heterocycles. The van der Waals surface area contributed by atoms with Crippen LogP contribution in [0.1, 0.15) is 51.3 Å². The number of rotatable bonds is 5. The molecular formula is C51H43N. The molecule has 9 rings (SSSR count). The van der Waals surface area contributed by atoms with Crippen molar-refractivity contribution in [3.05, 3.63) is 187 Å². The average Bonchev–Trinajstić information content (AvgIpc) is 3.40. The van der Waals surface area contributed by atoms with Gasteiger partial charge in [0.15, 0.2) is 0 Å². The van der Waals surface area contributed by atoms with E-state index < -0.39 is 0 Å². The minimum absolute atomic E-state index is 0.0856. The first-order chi connectivity index (χ1) is 25.2. The summed E-state index contributed by atoms with van der Waals surface area (Å²) in [5.41, 5.74) is 15.2. The van der Waals surface area contributed by atoms with E-state index in [0.717, 1.165) is 17.1 Å². The Bertz CT molecular complexity index is 2600. The Morgan fingerprint density at radius 2 is 0.923 bits per heavy atom. The Labute approximate surface area is 307 Å². The first-order valence-electron chi connectivity index (χ1n) is 18.4. The van der Waals surface area contributed by atoms with Gasteiger partial charge in [0.1, 0.15) is 0 Å². The number of anilines is 3. The fraction of sp³-hybridized carbons (Fsp3) is 0.137. The van der Waals surface area contributed by atoms with Crippen molar-refractivity contribution in [1.82, 2.24) is 0 Å². The highest BCUT2D eigenvalue weighted by molar-refractivity contribution is 6.13. The van der Waals surface area contributed by atoms with E-state index in [-0.39, 0.29) is 10.8 Å². The Balaban J connectivity index is 1.15. The molecule has 0 bridgehead atoms. The minimum Gasteiger partial charge on any atom is -0.310 e. The molecule has 0 N–H and O–H groups in total. The molecule has 0 atom stereocenters. The molecule has 0 amide bonds. The lowest BCUT2D eigenvalue weighted by atomic mass is 9.82. The summed E-state index contributed by atoms with van der Waals surface area (Å²) in [6.45, 7) is 11.5. The Morgan fingerprint density at radius 1 is 0.404 bits per heavy atom. The van der Waals surface area contributed by atoms with Gasteiger partial charge in [-0.2, -0.15) is 0 Å². The lowest BCUT2D eigenvalue weighted by Crippen LogP contribution is -2.16. The zero-order valence-corrected chi connectivity index (χ0v) is 30.6. The van der Waals surface area contributed by atoms with Crippen LogP contribution in [0.15, 0.2) is 170 Å². The topological polar surface area (TPSA) is 3.24 Å². The van der Waals surface area contributed by atoms with E-state index in [1.165, 1.54) is 71.6 Å². The van der Waals surface area contributed by atoms with Crippen LogP contribution in [0.25, 0.3) is 54.9 Å². The van der Waals surface area contributed by atoms with Gasteiger partial charge in [-0.25, -0.2) is 0 Å². The van der Waals surface area contributed by atoms with E-state index in [2.05, 4.69) is 209 Å². The quantitative estimate of drug-likeness (QED) is 0.165. The highest BCUT2D eigenvalue weighted by Gasteiger charge is 2.35. The largest absolute Gasteiger partial charge is 0.310 e. The number of hydrogen-bond acceptors (Lipinski definition) is 1. The van der Waals surface area contributed by atoms with E-state index in [9.17, 15) is 0 Å². The van der Waals surface area contributed by atoms with Crippen LogP contribution in [-0.2, 0) is 10.8 Å². The summed E-state index contributed by atoms with van der Waals surface area (Å²) in [5.74, 6) is 0. The first-order valence-corrected chi connectivity index (χ1v) is 18.4. The third-order valence-electron chi connectivity index (χ3n) is 11.2. The van der Waals surface area contributed by atoms with Gasteiger partial charge in [-0.15, -0.1) is 0 Å². The minimum atomic E-state index is -0.0856. The molecule has 1 heteroatoms. The maximum Gasteiger partial charge on any atom is 0.0465 e. The molecule has 1 aliphatic carbocycles. The van der Waals surface area contributed by atoms with Crippen LogP contribution in [0.3, 0.4) is 0 Å². The molecule has 1 nitrogen and oxygen atoms in total. The van der Waals surface area contributed by atoms with E-state index in [0.29, 0.717) is 0 Å². The summed E-state index contributed by atoms with van der Waals surface area (Å²) in [5, 5.41) is 5.12. The van der Waals surface area contributed by atoms with Crippen LogP contribution in [0, 0.1) is 0 Å². The van der Waals surface area contributed by atoms with Crippen molar-refractivity contribution < 1.29 is 0 Å². The van der Waals surface area contributed by atoms with E-state index in [1.807, 2.05) is 0 Å². The Hall–Kier alpha value is -5.92. The molecule has 252 valence electrons. The number of hydrogen-bond donors (Lipinski definition) is 0.